The number of rotatable bonds is 2. The number of halogens is 1. The van der Waals surface area contributed by atoms with Gasteiger partial charge in [0.15, 0.2) is 9.74 Å². The van der Waals surface area contributed by atoms with E-state index in [2.05, 4.69) is 22.0 Å². The van der Waals surface area contributed by atoms with Crippen molar-refractivity contribution in [3.05, 3.63) is 28.2 Å². The summed E-state index contributed by atoms with van der Waals surface area (Å²) >= 11 is 3.48. The largest absolute Gasteiger partial charge is 0.496 e. The van der Waals surface area contributed by atoms with Crippen LogP contribution in [0.2, 0.25) is 0 Å². The van der Waals surface area contributed by atoms with Gasteiger partial charge in [0.1, 0.15) is 5.75 Å². The molecule has 0 radical (unpaired) electrons. The number of nitriles is 1. The van der Waals surface area contributed by atoms with E-state index in [4.69, 9.17) is 4.74 Å². The molecule has 2 unspecified atom stereocenters. The maximum Gasteiger partial charge on any atom is 0.261 e. The van der Waals surface area contributed by atoms with Crippen LogP contribution < -0.4 is 4.74 Å². The second kappa shape index (κ2) is 5.82. The molecule has 27 heavy (non-hydrogen) atoms. The van der Waals surface area contributed by atoms with E-state index in [1.807, 2.05) is 25.1 Å². The molecule has 4 aliphatic rings. The van der Waals surface area contributed by atoms with Crippen LogP contribution in [0.5, 0.6) is 5.75 Å². The second-order valence-electron chi connectivity index (χ2n) is 7.47. The van der Waals surface area contributed by atoms with E-state index in [9.17, 15) is 14.9 Å². The van der Waals surface area contributed by atoms with Gasteiger partial charge in [-0.3, -0.25) is 9.59 Å². The molecule has 1 aromatic carbocycles. The molecule has 142 valence electrons. The monoisotopic (exact) mass is 467 g/mol. The number of carbonyl (C=O) groups excluding carboxylic acids is 2. The molecule has 4 heterocycles. The van der Waals surface area contributed by atoms with Gasteiger partial charge in [-0.1, -0.05) is 37.5 Å². The van der Waals surface area contributed by atoms with E-state index in [1.54, 1.807) is 26.0 Å². The Labute approximate surface area is 174 Å². The zero-order chi connectivity index (χ0) is 19.8. The SMILES string of the molecule is COc1ccc(Br)cc1C1N2C(=O)C3(C)SS[C@@]2(C[C@]1(C)C#N)C(=O)N3C. The summed E-state index contributed by atoms with van der Waals surface area (Å²) in [7, 11) is 6.05. The summed E-state index contributed by atoms with van der Waals surface area (Å²) in [4.78, 5) is 28.0. The highest BCUT2D eigenvalue weighted by Crippen LogP contribution is 2.69. The molecular formula is C18H18BrN3O3S2. The van der Waals surface area contributed by atoms with Crippen LogP contribution >= 0.6 is 37.5 Å². The lowest BCUT2D eigenvalue weighted by molar-refractivity contribution is -0.164. The maximum absolute atomic E-state index is 13.5. The summed E-state index contributed by atoms with van der Waals surface area (Å²) < 4.78 is 6.37. The van der Waals surface area contributed by atoms with Crippen LogP contribution in [0.3, 0.4) is 0 Å². The fourth-order valence-electron chi connectivity index (χ4n) is 4.30. The van der Waals surface area contributed by atoms with Gasteiger partial charge in [-0.15, -0.1) is 0 Å². The summed E-state index contributed by atoms with van der Waals surface area (Å²) in [6.07, 6.45) is 0.277. The van der Waals surface area contributed by atoms with Crippen molar-refractivity contribution in [3.63, 3.8) is 0 Å². The van der Waals surface area contributed by atoms with Crippen LogP contribution in [0.4, 0.5) is 0 Å². The lowest BCUT2D eigenvalue weighted by Crippen LogP contribution is -2.73. The molecule has 2 amide bonds. The summed E-state index contributed by atoms with van der Waals surface area (Å²) in [5, 5.41) is 10.1. The molecular weight excluding hydrogens is 450 g/mol. The van der Waals surface area contributed by atoms with Crippen LogP contribution in [0.15, 0.2) is 22.7 Å². The molecule has 2 bridgehead atoms. The van der Waals surface area contributed by atoms with E-state index in [0.29, 0.717) is 5.75 Å². The van der Waals surface area contributed by atoms with Gasteiger partial charge in [-0.2, -0.15) is 5.26 Å². The minimum atomic E-state index is -1.07. The number of benzene rings is 1. The van der Waals surface area contributed by atoms with E-state index < -0.39 is 21.2 Å². The first-order valence-electron chi connectivity index (χ1n) is 8.38. The Morgan fingerprint density at radius 1 is 1.30 bits per heavy atom. The smallest absolute Gasteiger partial charge is 0.261 e. The number of hydrogen-bond donors (Lipinski definition) is 0. The number of ether oxygens (including phenoxy) is 1. The number of methoxy groups -OCH3 is 1. The standard InChI is InChI=1S/C18H18BrN3O3S2/c1-16(9-20)8-18-15(24)21(3)17(2,26-27-18)14(23)22(18)13(16)11-7-10(19)5-6-12(11)25-4/h5-7,13H,8H2,1-4H3/t13?,16-,17?,18+/m1/s1. The third-order valence-corrected chi connectivity index (χ3v) is 10.0. The summed E-state index contributed by atoms with van der Waals surface area (Å²) in [5.41, 5.74) is -0.193. The van der Waals surface area contributed by atoms with Crippen molar-refractivity contribution in [2.75, 3.05) is 14.2 Å². The molecule has 1 aromatic rings. The Balaban J connectivity index is 1.98. The molecule has 0 saturated carbocycles. The van der Waals surface area contributed by atoms with Gasteiger partial charge in [0, 0.05) is 23.5 Å². The quantitative estimate of drug-likeness (QED) is 0.619. The van der Waals surface area contributed by atoms with Gasteiger partial charge < -0.3 is 14.5 Å². The van der Waals surface area contributed by atoms with Gasteiger partial charge in [-0.25, -0.2) is 0 Å². The van der Waals surface area contributed by atoms with Crippen molar-refractivity contribution >= 4 is 49.3 Å². The predicted molar refractivity (Wildman–Crippen MR) is 108 cm³/mol. The number of hydrogen-bond acceptors (Lipinski definition) is 6. The van der Waals surface area contributed by atoms with Crippen LogP contribution in [0, 0.1) is 16.7 Å². The van der Waals surface area contributed by atoms with Gasteiger partial charge in [0.25, 0.3) is 11.8 Å². The molecule has 4 aliphatic heterocycles. The number of piperazine rings is 1. The van der Waals surface area contributed by atoms with Gasteiger partial charge >= 0.3 is 0 Å². The molecule has 4 fully saturated rings. The summed E-state index contributed by atoms with van der Waals surface area (Å²) in [6, 6.07) is 7.37. The lowest BCUT2D eigenvalue weighted by atomic mass is 9.79. The van der Waals surface area contributed by atoms with Gasteiger partial charge in [-0.05, 0) is 32.0 Å². The number of carbonyl (C=O) groups is 2. The van der Waals surface area contributed by atoms with Crippen molar-refractivity contribution in [3.8, 4) is 11.8 Å². The Morgan fingerprint density at radius 2 is 2.00 bits per heavy atom. The molecule has 6 nitrogen and oxygen atoms in total. The van der Waals surface area contributed by atoms with E-state index >= 15 is 0 Å². The maximum atomic E-state index is 13.5. The highest BCUT2D eigenvalue weighted by Gasteiger charge is 2.75. The van der Waals surface area contributed by atoms with Crippen LogP contribution in [0.25, 0.3) is 0 Å². The number of likely N-dealkylation sites (N-methyl/N-ethyl adjacent to an activating group) is 1. The van der Waals surface area contributed by atoms with Crippen molar-refractivity contribution in [1.29, 1.82) is 5.26 Å². The molecule has 5 rings (SSSR count). The van der Waals surface area contributed by atoms with Gasteiger partial charge in [0.05, 0.1) is 24.6 Å². The average molecular weight is 468 g/mol. The Bertz CT molecular complexity index is 922. The van der Waals surface area contributed by atoms with E-state index in [1.165, 1.54) is 26.5 Å². The predicted octanol–water partition coefficient (Wildman–Crippen LogP) is 3.54. The Kier molecular flexibility index (Phi) is 4.09. The fourth-order valence-corrected chi connectivity index (χ4v) is 8.26. The first-order valence-corrected chi connectivity index (χ1v) is 11.3. The molecule has 0 aliphatic carbocycles. The zero-order valence-electron chi connectivity index (χ0n) is 15.3. The van der Waals surface area contributed by atoms with Crippen molar-refractivity contribution in [2.45, 2.75) is 36.1 Å². The average Bonchev–Trinajstić information content (AvgIpc) is 2.93. The number of amides is 2. The third kappa shape index (κ3) is 2.21. The van der Waals surface area contributed by atoms with Crippen molar-refractivity contribution < 1.29 is 14.3 Å². The van der Waals surface area contributed by atoms with Crippen LogP contribution in [0.1, 0.15) is 31.9 Å². The first-order chi connectivity index (χ1) is 12.6. The summed E-state index contributed by atoms with van der Waals surface area (Å²) in [5.74, 6) is 0.338. The molecule has 4 saturated heterocycles. The zero-order valence-corrected chi connectivity index (χ0v) is 18.5. The second-order valence-corrected chi connectivity index (χ2v) is 11.2. The topological polar surface area (TPSA) is 73.6 Å². The van der Waals surface area contributed by atoms with Crippen LogP contribution in [-0.4, -0.2) is 45.5 Å². The number of nitrogens with zero attached hydrogens (tertiary/aromatic N) is 3. The van der Waals surface area contributed by atoms with Crippen molar-refractivity contribution in [2.24, 2.45) is 5.41 Å². The number of fused-ring (bicyclic) bond motifs is 2. The Hall–Kier alpha value is -1.37. The normalized spacial score (nSPS) is 37.4. The highest BCUT2D eigenvalue weighted by molar-refractivity contribution is 9.10. The minimum Gasteiger partial charge on any atom is -0.496 e. The Morgan fingerprint density at radius 3 is 2.63 bits per heavy atom. The van der Waals surface area contributed by atoms with E-state index in [-0.39, 0.29) is 18.2 Å². The first kappa shape index (κ1) is 19.0. The fraction of sp³-hybridized carbons (Fsp3) is 0.500. The van der Waals surface area contributed by atoms with Crippen LogP contribution in [-0.2, 0) is 9.59 Å². The molecule has 9 heteroatoms. The lowest BCUT2D eigenvalue weighted by Gasteiger charge is -2.57. The van der Waals surface area contributed by atoms with Gasteiger partial charge in [0.2, 0.25) is 0 Å². The molecule has 1 spiro atoms. The summed E-state index contributed by atoms with van der Waals surface area (Å²) in [6.45, 7) is 3.59. The van der Waals surface area contributed by atoms with Crippen molar-refractivity contribution in [1.82, 2.24) is 9.80 Å². The highest BCUT2D eigenvalue weighted by atomic mass is 79.9. The minimum absolute atomic E-state index is 0.119. The van der Waals surface area contributed by atoms with E-state index in [0.717, 1.165) is 10.0 Å². The molecule has 0 N–H and O–H groups in total. The molecule has 4 atom stereocenters. The molecule has 0 aromatic heterocycles. The third-order valence-electron chi connectivity index (χ3n) is 5.84.